The van der Waals surface area contributed by atoms with E-state index in [-0.39, 0.29) is 0 Å². The third kappa shape index (κ3) is 1.88. The highest BCUT2D eigenvalue weighted by molar-refractivity contribution is 5.80. The molecule has 1 unspecified atom stereocenters. The number of carboxylic acids is 1. The summed E-state index contributed by atoms with van der Waals surface area (Å²) in [7, 11) is 0. The van der Waals surface area contributed by atoms with Gasteiger partial charge in [-0.15, -0.1) is 0 Å². The number of rotatable bonds is 3. The molecule has 0 aliphatic heterocycles. The lowest BCUT2D eigenvalue weighted by Gasteiger charge is -2.26. The van der Waals surface area contributed by atoms with Crippen LogP contribution in [0.4, 0.5) is 4.39 Å². The second-order valence-corrected chi connectivity index (χ2v) is 4.35. The topological polar surface area (TPSA) is 55.1 Å². The summed E-state index contributed by atoms with van der Waals surface area (Å²) in [6, 6.07) is 5.56. The quantitative estimate of drug-likeness (QED) is 0.905. The molecule has 0 spiro atoms. The zero-order valence-electron chi connectivity index (χ0n) is 10.1. The molecule has 0 radical (unpaired) electrons. The van der Waals surface area contributed by atoms with Crippen LogP contribution in [-0.4, -0.2) is 20.9 Å². The van der Waals surface area contributed by atoms with Gasteiger partial charge in [0.15, 0.2) is 5.54 Å². The number of halogens is 1. The van der Waals surface area contributed by atoms with E-state index in [0.717, 1.165) is 5.56 Å². The van der Waals surface area contributed by atoms with Crippen molar-refractivity contribution in [2.75, 3.05) is 0 Å². The highest BCUT2D eigenvalue weighted by Gasteiger charge is 2.38. The molecule has 18 heavy (non-hydrogen) atoms. The van der Waals surface area contributed by atoms with Crippen molar-refractivity contribution < 1.29 is 14.3 Å². The highest BCUT2D eigenvalue weighted by Crippen LogP contribution is 2.26. The molecule has 5 heteroatoms. The predicted molar refractivity (Wildman–Crippen MR) is 63.7 cm³/mol. The van der Waals surface area contributed by atoms with E-state index in [1.54, 1.807) is 18.5 Å². The monoisotopic (exact) mass is 248 g/mol. The van der Waals surface area contributed by atoms with Crippen LogP contribution in [0.5, 0.6) is 0 Å². The van der Waals surface area contributed by atoms with Gasteiger partial charge < -0.3 is 5.11 Å². The number of aromatic nitrogens is 2. The second-order valence-electron chi connectivity index (χ2n) is 4.35. The molecular weight excluding hydrogens is 235 g/mol. The first-order chi connectivity index (χ1) is 8.44. The van der Waals surface area contributed by atoms with Crippen LogP contribution in [0, 0.1) is 12.7 Å². The number of carboxylic acid groups (broad SMARTS) is 1. The van der Waals surface area contributed by atoms with Crippen LogP contribution in [-0.2, 0) is 10.3 Å². The zero-order valence-corrected chi connectivity index (χ0v) is 10.1. The minimum Gasteiger partial charge on any atom is -0.479 e. The third-order valence-corrected chi connectivity index (χ3v) is 2.97. The molecule has 4 nitrogen and oxygen atoms in total. The Morgan fingerprint density at radius 1 is 1.50 bits per heavy atom. The van der Waals surface area contributed by atoms with Crippen LogP contribution in [0.15, 0.2) is 36.7 Å². The van der Waals surface area contributed by atoms with Crippen molar-refractivity contribution in [2.24, 2.45) is 0 Å². The highest BCUT2D eigenvalue weighted by atomic mass is 19.1. The Hall–Kier alpha value is -2.17. The zero-order chi connectivity index (χ0) is 13.3. The summed E-state index contributed by atoms with van der Waals surface area (Å²) in [6.07, 6.45) is 3.19. The van der Waals surface area contributed by atoms with E-state index in [0.29, 0.717) is 5.56 Å². The molecule has 0 bridgehead atoms. The van der Waals surface area contributed by atoms with Crippen molar-refractivity contribution in [3.05, 3.63) is 53.6 Å². The van der Waals surface area contributed by atoms with Gasteiger partial charge in [0.1, 0.15) is 5.82 Å². The number of carbonyl (C=O) groups is 1. The molecule has 0 aliphatic carbocycles. The predicted octanol–water partition coefficient (Wildman–Crippen LogP) is 2.18. The Morgan fingerprint density at radius 2 is 2.22 bits per heavy atom. The molecule has 1 aromatic heterocycles. The first-order valence-corrected chi connectivity index (χ1v) is 5.46. The SMILES string of the molecule is Cc1cnn(C(C)(C(=O)O)c2cccc(F)c2)c1. The number of benzene rings is 1. The van der Waals surface area contributed by atoms with Gasteiger partial charge in [0.25, 0.3) is 0 Å². The molecule has 0 amide bonds. The summed E-state index contributed by atoms with van der Waals surface area (Å²) < 4.78 is 14.6. The van der Waals surface area contributed by atoms with Crippen molar-refractivity contribution in [1.82, 2.24) is 9.78 Å². The fourth-order valence-corrected chi connectivity index (χ4v) is 1.80. The van der Waals surface area contributed by atoms with Crippen LogP contribution in [0.25, 0.3) is 0 Å². The molecule has 1 heterocycles. The summed E-state index contributed by atoms with van der Waals surface area (Å²) >= 11 is 0. The third-order valence-electron chi connectivity index (χ3n) is 2.97. The molecule has 0 aliphatic rings. The van der Waals surface area contributed by atoms with Gasteiger partial charge in [-0.3, -0.25) is 4.68 Å². The van der Waals surface area contributed by atoms with E-state index >= 15 is 0 Å². The smallest absolute Gasteiger partial charge is 0.336 e. The lowest BCUT2D eigenvalue weighted by atomic mass is 9.92. The average molecular weight is 248 g/mol. The normalized spacial score (nSPS) is 14.2. The maximum absolute atomic E-state index is 13.3. The Bertz CT molecular complexity index is 594. The first-order valence-electron chi connectivity index (χ1n) is 5.46. The van der Waals surface area contributed by atoms with Crippen molar-refractivity contribution in [3.63, 3.8) is 0 Å². The number of aliphatic carboxylic acids is 1. The minimum atomic E-state index is -1.42. The molecule has 2 aromatic rings. The molecule has 1 N–H and O–H groups in total. The lowest BCUT2D eigenvalue weighted by molar-refractivity contribution is -0.144. The van der Waals surface area contributed by atoms with E-state index in [2.05, 4.69) is 5.10 Å². The second kappa shape index (κ2) is 4.25. The van der Waals surface area contributed by atoms with Crippen LogP contribution < -0.4 is 0 Å². The molecular formula is C13H13FN2O2. The van der Waals surface area contributed by atoms with Crippen LogP contribution >= 0.6 is 0 Å². The van der Waals surface area contributed by atoms with E-state index in [1.807, 2.05) is 6.92 Å². The molecule has 1 atom stereocenters. The van der Waals surface area contributed by atoms with Gasteiger partial charge in [0.05, 0.1) is 6.20 Å². The fourth-order valence-electron chi connectivity index (χ4n) is 1.80. The summed E-state index contributed by atoms with van der Waals surface area (Å²) in [5.74, 6) is -1.56. The number of aryl methyl sites for hydroxylation is 1. The van der Waals surface area contributed by atoms with Crippen molar-refractivity contribution in [1.29, 1.82) is 0 Å². The molecule has 2 rings (SSSR count). The maximum Gasteiger partial charge on any atom is 0.336 e. The van der Waals surface area contributed by atoms with E-state index < -0.39 is 17.3 Å². The standard InChI is InChI=1S/C13H13FN2O2/c1-9-7-15-16(8-9)13(2,12(17)18)10-4-3-5-11(14)6-10/h3-8H,1-2H3,(H,17,18). The summed E-state index contributed by atoms with van der Waals surface area (Å²) in [4.78, 5) is 11.6. The molecule has 1 aromatic carbocycles. The Labute approximate surface area is 104 Å². The van der Waals surface area contributed by atoms with Gasteiger partial charge in [-0.05, 0) is 37.1 Å². The van der Waals surface area contributed by atoms with Gasteiger partial charge >= 0.3 is 5.97 Å². The molecule has 0 fully saturated rings. The van der Waals surface area contributed by atoms with Gasteiger partial charge in [0, 0.05) is 6.20 Å². The van der Waals surface area contributed by atoms with E-state index in [9.17, 15) is 14.3 Å². The molecule has 0 saturated heterocycles. The van der Waals surface area contributed by atoms with Gasteiger partial charge in [0.2, 0.25) is 0 Å². The number of nitrogens with zero attached hydrogens (tertiary/aromatic N) is 2. The summed E-state index contributed by atoms with van der Waals surface area (Å²) in [5, 5.41) is 13.5. The number of hydrogen-bond acceptors (Lipinski definition) is 2. The Kier molecular flexibility index (Phi) is 2.90. The number of hydrogen-bond donors (Lipinski definition) is 1. The van der Waals surface area contributed by atoms with Crippen LogP contribution in [0.2, 0.25) is 0 Å². The van der Waals surface area contributed by atoms with Gasteiger partial charge in [-0.2, -0.15) is 5.10 Å². The van der Waals surface area contributed by atoms with Crippen LogP contribution in [0.1, 0.15) is 18.1 Å². The largest absolute Gasteiger partial charge is 0.479 e. The maximum atomic E-state index is 13.3. The van der Waals surface area contributed by atoms with E-state index in [4.69, 9.17) is 0 Å². The minimum absolute atomic E-state index is 0.345. The van der Waals surface area contributed by atoms with E-state index in [1.165, 1.54) is 29.8 Å². The van der Waals surface area contributed by atoms with Gasteiger partial charge in [-0.1, -0.05) is 12.1 Å². The van der Waals surface area contributed by atoms with Crippen molar-refractivity contribution in [3.8, 4) is 0 Å². The van der Waals surface area contributed by atoms with Crippen molar-refractivity contribution in [2.45, 2.75) is 19.4 Å². The first kappa shape index (κ1) is 12.3. The average Bonchev–Trinajstić information content (AvgIpc) is 2.75. The summed E-state index contributed by atoms with van der Waals surface area (Å²) in [6.45, 7) is 3.31. The fraction of sp³-hybridized carbons (Fsp3) is 0.231. The Balaban J connectivity index is 2.61. The van der Waals surface area contributed by atoms with Crippen LogP contribution in [0.3, 0.4) is 0 Å². The lowest BCUT2D eigenvalue weighted by Crippen LogP contribution is -2.40. The van der Waals surface area contributed by atoms with Gasteiger partial charge in [-0.25, -0.2) is 9.18 Å². The molecule has 94 valence electrons. The summed E-state index contributed by atoms with van der Waals surface area (Å²) in [5.41, 5.74) is -0.229. The molecule has 0 saturated carbocycles. The van der Waals surface area contributed by atoms with Crippen molar-refractivity contribution >= 4 is 5.97 Å². The Morgan fingerprint density at radius 3 is 2.72 bits per heavy atom.